The summed E-state index contributed by atoms with van der Waals surface area (Å²) in [6.45, 7) is 5.68. The second-order valence-electron chi connectivity index (χ2n) is 6.71. The second-order valence-corrected chi connectivity index (χ2v) is 7.15. The van der Waals surface area contributed by atoms with Gasteiger partial charge in [-0.05, 0) is 32.0 Å². The van der Waals surface area contributed by atoms with E-state index in [1.807, 2.05) is 48.5 Å². The van der Waals surface area contributed by atoms with Crippen molar-refractivity contribution < 1.29 is 0 Å². The Morgan fingerprint density at radius 3 is 2.63 bits per heavy atom. The van der Waals surface area contributed by atoms with Crippen LogP contribution in [0, 0.1) is 0 Å². The number of nitrogens with zero attached hydrogens (tertiary/aromatic N) is 4. The molecule has 0 aliphatic carbocycles. The maximum atomic E-state index is 6.21. The Balaban J connectivity index is 1.71. The molecule has 0 spiro atoms. The van der Waals surface area contributed by atoms with Crippen LogP contribution in [0.25, 0.3) is 22.2 Å². The van der Waals surface area contributed by atoms with Gasteiger partial charge in [-0.2, -0.15) is 0 Å². The number of aromatic nitrogens is 2. The lowest BCUT2D eigenvalue weighted by atomic mass is 10.1. The minimum Gasteiger partial charge on any atom is -0.343 e. The van der Waals surface area contributed by atoms with E-state index in [4.69, 9.17) is 16.6 Å². The van der Waals surface area contributed by atoms with Gasteiger partial charge in [-0.25, -0.2) is 15.0 Å². The quantitative estimate of drug-likeness (QED) is 0.720. The minimum atomic E-state index is 0.439. The molecule has 0 saturated heterocycles. The number of rotatable bonds is 3. The lowest BCUT2D eigenvalue weighted by molar-refractivity contribution is 0.214. The molecule has 4 rings (SSSR count). The third kappa shape index (κ3) is 3.86. The number of nitrogens with one attached hydrogen (secondary N) is 2. The zero-order chi connectivity index (χ0) is 18.8. The summed E-state index contributed by atoms with van der Waals surface area (Å²) in [6.07, 6.45) is 0. The number of hydrogen-bond donors (Lipinski definition) is 2. The molecule has 2 heterocycles. The van der Waals surface area contributed by atoms with Gasteiger partial charge in [0.05, 0.1) is 24.5 Å². The molecule has 0 radical (unpaired) electrons. The van der Waals surface area contributed by atoms with Crippen molar-refractivity contribution in [1.82, 2.24) is 20.2 Å². The van der Waals surface area contributed by atoms with Crippen molar-refractivity contribution in [3.63, 3.8) is 0 Å². The van der Waals surface area contributed by atoms with E-state index in [-0.39, 0.29) is 0 Å². The molecule has 2 aromatic carbocycles. The molecular formula is C20H21ClN6. The molecule has 0 unspecified atom stereocenters. The zero-order valence-electron chi connectivity index (χ0n) is 15.3. The van der Waals surface area contributed by atoms with Crippen LogP contribution in [-0.2, 0) is 0 Å². The average Bonchev–Trinajstić information content (AvgIpc) is 2.69. The SMILES string of the molecule is CC(C)N1CN=C(Nc2nc(-c3ccccc3)c3cc(Cl)ccc3n2)NC1. The third-order valence-corrected chi connectivity index (χ3v) is 4.76. The molecule has 1 aliphatic rings. The van der Waals surface area contributed by atoms with Crippen LogP contribution in [0.2, 0.25) is 5.02 Å². The zero-order valence-corrected chi connectivity index (χ0v) is 16.0. The molecule has 0 atom stereocenters. The van der Waals surface area contributed by atoms with E-state index in [0.717, 1.165) is 28.8 Å². The Kier molecular flexibility index (Phi) is 4.92. The highest BCUT2D eigenvalue weighted by molar-refractivity contribution is 6.31. The lowest BCUT2D eigenvalue weighted by Gasteiger charge is -2.29. The third-order valence-electron chi connectivity index (χ3n) is 4.53. The van der Waals surface area contributed by atoms with Crippen LogP contribution in [0.1, 0.15) is 13.8 Å². The fourth-order valence-corrected chi connectivity index (χ4v) is 3.12. The number of benzene rings is 2. The van der Waals surface area contributed by atoms with E-state index >= 15 is 0 Å². The molecule has 7 heteroatoms. The van der Waals surface area contributed by atoms with E-state index < -0.39 is 0 Å². The van der Waals surface area contributed by atoms with Crippen LogP contribution in [0.5, 0.6) is 0 Å². The molecule has 2 N–H and O–H groups in total. The monoisotopic (exact) mass is 380 g/mol. The predicted molar refractivity (Wildman–Crippen MR) is 111 cm³/mol. The van der Waals surface area contributed by atoms with Crippen molar-refractivity contribution in [2.45, 2.75) is 19.9 Å². The number of aliphatic imine (C=N–C) groups is 1. The molecular weight excluding hydrogens is 360 g/mol. The smallest absolute Gasteiger partial charge is 0.230 e. The summed E-state index contributed by atoms with van der Waals surface area (Å²) in [5.74, 6) is 1.19. The van der Waals surface area contributed by atoms with Gasteiger partial charge in [0.2, 0.25) is 11.9 Å². The fourth-order valence-electron chi connectivity index (χ4n) is 2.95. The first-order chi connectivity index (χ1) is 13.1. The summed E-state index contributed by atoms with van der Waals surface area (Å²) < 4.78 is 0. The highest BCUT2D eigenvalue weighted by Crippen LogP contribution is 2.29. The second kappa shape index (κ2) is 7.50. The summed E-state index contributed by atoms with van der Waals surface area (Å²) in [5, 5.41) is 8.08. The Bertz CT molecular complexity index is 986. The molecule has 6 nitrogen and oxygen atoms in total. The first-order valence-electron chi connectivity index (χ1n) is 8.92. The molecule has 0 amide bonds. The van der Waals surface area contributed by atoms with E-state index in [1.54, 1.807) is 0 Å². The van der Waals surface area contributed by atoms with Crippen molar-refractivity contribution >= 4 is 34.4 Å². The molecule has 1 aliphatic heterocycles. The maximum Gasteiger partial charge on any atom is 0.230 e. The maximum absolute atomic E-state index is 6.21. The van der Waals surface area contributed by atoms with Crippen LogP contribution in [0.3, 0.4) is 0 Å². The van der Waals surface area contributed by atoms with Gasteiger partial charge in [0.25, 0.3) is 0 Å². The molecule has 0 fully saturated rings. The van der Waals surface area contributed by atoms with Crippen LogP contribution in [-0.4, -0.2) is 40.2 Å². The fraction of sp³-hybridized carbons (Fsp3) is 0.250. The van der Waals surface area contributed by atoms with Crippen molar-refractivity contribution in [1.29, 1.82) is 0 Å². The van der Waals surface area contributed by atoms with Crippen molar-refractivity contribution in [3.8, 4) is 11.3 Å². The van der Waals surface area contributed by atoms with Crippen LogP contribution >= 0.6 is 11.6 Å². The molecule has 138 valence electrons. The molecule has 0 saturated carbocycles. The van der Waals surface area contributed by atoms with Gasteiger partial charge in [0.15, 0.2) is 0 Å². The Hall–Kier alpha value is -2.70. The minimum absolute atomic E-state index is 0.439. The predicted octanol–water partition coefficient (Wildman–Crippen LogP) is 3.95. The standard InChI is InChI=1S/C20H21ClN6/c1-13(2)27-11-22-19(23-12-27)26-20-24-17-9-8-15(21)10-16(17)18(25-20)14-6-4-3-5-7-14/h3-10,13H,11-12H2,1-2H3,(H2,22,23,24,25,26). The first-order valence-corrected chi connectivity index (χ1v) is 9.30. The lowest BCUT2D eigenvalue weighted by Crippen LogP contribution is -2.48. The van der Waals surface area contributed by atoms with Gasteiger partial charge in [0, 0.05) is 22.0 Å². The van der Waals surface area contributed by atoms with Crippen molar-refractivity contribution in [2.75, 3.05) is 18.7 Å². The van der Waals surface area contributed by atoms with E-state index in [2.05, 4.69) is 39.4 Å². The number of fused-ring (bicyclic) bond motifs is 1. The van der Waals surface area contributed by atoms with E-state index in [9.17, 15) is 0 Å². The summed E-state index contributed by atoms with van der Waals surface area (Å²) in [7, 11) is 0. The average molecular weight is 381 g/mol. The van der Waals surface area contributed by atoms with Crippen LogP contribution < -0.4 is 10.6 Å². The number of hydrogen-bond acceptors (Lipinski definition) is 6. The van der Waals surface area contributed by atoms with Gasteiger partial charge in [0.1, 0.15) is 0 Å². The number of halogens is 1. The largest absolute Gasteiger partial charge is 0.343 e. The Labute approximate surface area is 163 Å². The van der Waals surface area contributed by atoms with Gasteiger partial charge >= 0.3 is 0 Å². The van der Waals surface area contributed by atoms with Gasteiger partial charge < -0.3 is 5.32 Å². The van der Waals surface area contributed by atoms with Gasteiger partial charge in [-0.15, -0.1) is 0 Å². The highest BCUT2D eigenvalue weighted by atomic mass is 35.5. The molecule has 27 heavy (non-hydrogen) atoms. The van der Waals surface area contributed by atoms with E-state index in [1.165, 1.54) is 0 Å². The molecule has 0 bridgehead atoms. The summed E-state index contributed by atoms with van der Waals surface area (Å²) in [6, 6.07) is 16.1. The molecule has 3 aromatic rings. The van der Waals surface area contributed by atoms with Crippen molar-refractivity contribution in [3.05, 3.63) is 53.6 Å². The topological polar surface area (TPSA) is 65.4 Å². The van der Waals surface area contributed by atoms with E-state index in [0.29, 0.717) is 29.6 Å². The van der Waals surface area contributed by atoms with Crippen LogP contribution in [0.15, 0.2) is 53.5 Å². The van der Waals surface area contributed by atoms with Gasteiger partial charge in [-0.3, -0.25) is 10.2 Å². The Morgan fingerprint density at radius 1 is 1.11 bits per heavy atom. The summed E-state index contributed by atoms with van der Waals surface area (Å²) in [5.41, 5.74) is 2.68. The molecule has 1 aromatic heterocycles. The number of anilines is 1. The summed E-state index contributed by atoms with van der Waals surface area (Å²) >= 11 is 6.21. The first kappa shape index (κ1) is 17.7. The summed E-state index contributed by atoms with van der Waals surface area (Å²) in [4.78, 5) is 16.1. The van der Waals surface area contributed by atoms with Crippen LogP contribution in [0.4, 0.5) is 5.95 Å². The van der Waals surface area contributed by atoms with Gasteiger partial charge in [-0.1, -0.05) is 41.9 Å². The van der Waals surface area contributed by atoms with Crippen molar-refractivity contribution in [2.24, 2.45) is 4.99 Å². The normalized spacial score (nSPS) is 14.9. The Morgan fingerprint density at radius 2 is 1.93 bits per heavy atom. The number of guanidine groups is 1. The highest BCUT2D eigenvalue weighted by Gasteiger charge is 2.16.